The number of aromatic nitrogens is 2. The van der Waals surface area contributed by atoms with Crippen LogP contribution < -0.4 is 10.0 Å². The van der Waals surface area contributed by atoms with Gasteiger partial charge in [-0.1, -0.05) is 41.1 Å². The molecule has 2 aromatic carbocycles. The Bertz CT molecular complexity index is 1400. The SMILES string of the molecule is Cc1cc2nc(N3Cc4cccnc4C3)sc2c(-c2ccc(Cl)cc2)c1[C@H](OC(C)(C)C)C(=O)[O-]. The topological polar surface area (TPSA) is 78.4 Å². The van der Waals surface area contributed by atoms with Crippen molar-refractivity contribution in [1.29, 1.82) is 0 Å². The first-order chi connectivity index (χ1) is 16.6. The van der Waals surface area contributed by atoms with Gasteiger partial charge in [0, 0.05) is 23.3 Å². The summed E-state index contributed by atoms with van der Waals surface area (Å²) in [5.74, 6) is -1.27. The molecule has 0 radical (unpaired) electrons. The highest BCUT2D eigenvalue weighted by molar-refractivity contribution is 7.22. The van der Waals surface area contributed by atoms with Crippen molar-refractivity contribution < 1.29 is 14.6 Å². The third kappa shape index (κ3) is 4.63. The summed E-state index contributed by atoms with van der Waals surface area (Å²) in [6.45, 7) is 8.82. The quantitative estimate of drug-likeness (QED) is 0.358. The lowest BCUT2D eigenvalue weighted by Gasteiger charge is -2.31. The summed E-state index contributed by atoms with van der Waals surface area (Å²) < 4.78 is 6.93. The highest BCUT2D eigenvalue weighted by Crippen LogP contribution is 2.45. The van der Waals surface area contributed by atoms with Crippen LogP contribution in [0.2, 0.25) is 5.02 Å². The van der Waals surface area contributed by atoms with E-state index in [1.54, 1.807) is 23.5 Å². The van der Waals surface area contributed by atoms with Crippen LogP contribution in [0.25, 0.3) is 21.3 Å². The van der Waals surface area contributed by atoms with Crippen LogP contribution in [0.15, 0.2) is 48.7 Å². The van der Waals surface area contributed by atoms with Gasteiger partial charge in [0.15, 0.2) is 5.13 Å². The van der Waals surface area contributed by atoms with Crippen molar-refractivity contribution in [1.82, 2.24) is 9.97 Å². The maximum absolute atomic E-state index is 12.4. The molecule has 0 saturated heterocycles. The normalized spacial score (nSPS) is 14.4. The van der Waals surface area contributed by atoms with Crippen LogP contribution in [0.4, 0.5) is 5.13 Å². The Balaban J connectivity index is 1.71. The first kappa shape index (κ1) is 23.7. The number of hydrogen-bond donors (Lipinski definition) is 0. The number of carboxylic acids is 1. The fourth-order valence-corrected chi connectivity index (χ4v) is 5.74. The van der Waals surface area contributed by atoms with Crippen LogP contribution in [-0.4, -0.2) is 21.5 Å². The second-order valence-corrected chi connectivity index (χ2v) is 11.1. The van der Waals surface area contributed by atoms with Gasteiger partial charge in [0.1, 0.15) is 6.10 Å². The van der Waals surface area contributed by atoms with Gasteiger partial charge in [-0.3, -0.25) is 4.98 Å². The van der Waals surface area contributed by atoms with E-state index in [-0.39, 0.29) is 0 Å². The van der Waals surface area contributed by atoms with E-state index >= 15 is 0 Å². The number of benzene rings is 2. The average molecular weight is 507 g/mol. The van der Waals surface area contributed by atoms with Crippen molar-refractivity contribution in [2.45, 2.75) is 52.5 Å². The number of aliphatic carboxylic acids is 1. The van der Waals surface area contributed by atoms with Gasteiger partial charge in [-0.2, -0.15) is 0 Å². The molecule has 0 bridgehead atoms. The lowest BCUT2D eigenvalue weighted by molar-refractivity contribution is -0.321. The van der Waals surface area contributed by atoms with Crippen molar-refractivity contribution in [2.75, 3.05) is 4.90 Å². The summed E-state index contributed by atoms with van der Waals surface area (Å²) >= 11 is 7.72. The van der Waals surface area contributed by atoms with Crippen LogP contribution in [0.3, 0.4) is 0 Å². The molecule has 0 aliphatic carbocycles. The number of anilines is 1. The minimum Gasteiger partial charge on any atom is -0.547 e. The maximum Gasteiger partial charge on any atom is 0.187 e. The molecule has 5 rings (SSSR count). The Kier molecular flexibility index (Phi) is 6.03. The highest BCUT2D eigenvalue weighted by Gasteiger charge is 2.29. The van der Waals surface area contributed by atoms with E-state index in [0.29, 0.717) is 17.1 Å². The molecule has 4 aromatic rings. The molecule has 1 aliphatic heterocycles. The zero-order valence-corrected chi connectivity index (χ0v) is 21.5. The molecule has 0 fully saturated rings. The van der Waals surface area contributed by atoms with Crippen LogP contribution in [0.5, 0.6) is 0 Å². The van der Waals surface area contributed by atoms with Crippen LogP contribution in [0.1, 0.15) is 49.3 Å². The first-order valence-corrected chi connectivity index (χ1v) is 12.6. The van der Waals surface area contributed by atoms with Crippen molar-refractivity contribution in [3.63, 3.8) is 0 Å². The maximum atomic E-state index is 12.4. The monoisotopic (exact) mass is 506 g/mol. The average Bonchev–Trinajstić information content (AvgIpc) is 3.40. The van der Waals surface area contributed by atoms with Gasteiger partial charge in [-0.25, -0.2) is 4.98 Å². The van der Waals surface area contributed by atoms with Crippen molar-refractivity contribution in [2.24, 2.45) is 0 Å². The van der Waals surface area contributed by atoms with Gasteiger partial charge in [-0.15, -0.1) is 0 Å². The summed E-state index contributed by atoms with van der Waals surface area (Å²) in [5.41, 5.74) is 5.37. The van der Waals surface area contributed by atoms with Gasteiger partial charge in [0.2, 0.25) is 0 Å². The summed E-state index contributed by atoms with van der Waals surface area (Å²) in [7, 11) is 0. The Labute approximate surface area is 213 Å². The number of carboxylic acid groups (broad SMARTS) is 1. The van der Waals surface area contributed by atoms with Crippen LogP contribution >= 0.6 is 22.9 Å². The van der Waals surface area contributed by atoms with E-state index in [1.165, 1.54) is 5.56 Å². The molecule has 35 heavy (non-hydrogen) atoms. The van der Waals surface area contributed by atoms with E-state index in [2.05, 4.69) is 16.0 Å². The summed E-state index contributed by atoms with van der Waals surface area (Å²) in [6, 6.07) is 13.4. The van der Waals surface area contributed by atoms with E-state index in [0.717, 1.165) is 44.3 Å². The number of rotatable bonds is 5. The molecule has 0 unspecified atom stereocenters. The summed E-state index contributed by atoms with van der Waals surface area (Å²) in [5, 5.41) is 13.8. The molecule has 6 nitrogen and oxygen atoms in total. The number of carbonyl (C=O) groups excluding carboxylic acids is 1. The van der Waals surface area contributed by atoms with Gasteiger partial charge >= 0.3 is 0 Å². The second-order valence-electron chi connectivity index (χ2n) is 9.73. The molecule has 0 saturated carbocycles. The zero-order chi connectivity index (χ0) is 24.9. The molecule has 0 spiro atoms. The number of aryl methyl sites for hydroxylation is 1. The van der Waals surface area contributed by atoms with Crippen LogP contribution in [-0.2, 0) is 22.6 Å². The molecule has 0 N–H and O–H groups in total. The van der Waals surface area contributed by atoms with Crippen LogP contribution in [0, 0.1) is 6.92 Å². The van der Waals surface area contributed by atoms with E-state index in [4.69, 9.17) is 21.3 Å². The molecule has 180 valence electrons. The van der Waals surface area contributed by atoms with Gasteiger partial charge < -0.3 is 19.5 Å². The molecule has 1 aliphatic rings. The van der Waals surface area contributed by atoms with Crippen molar-refractivity contribution in [3.05, 3.63) is 76.1 Å². The van der Waals surface area contributed by atoms with E-state index in [1.807, 2.05) is 58.2 Å². The number of nitrogens with zero attached hydrogens (tertiary/aromatic N) is 3. The zero-order valence-electron chi connectivity index (χ0n) is 20.0. The number of pyridine rings is 1. The van der Waals surface area contributed by atoms with E-state index < -0.39 is 17.7 Å². The minimum absolute atomic E-state index is 0.580. The van der Waals surface area contributed by atoms with E-state index in [9.17, 15) is 9.90 Å². The Morgan fingerprint density at radius 3 is 2.60 bits per heavy atom. The Morgan fingerprint density at radius 2 is 1.94 bits per heavy atom. The largest absolute Gasteiger partial charge is 0.547 e. The number of ether oxygens (including phenoxy) is 1. The fraction of sp³-hybridized carbons (Fsp3) is 0.296. The first-order valence-electron chi connectivity index (χ1n) is 11.4. The fourth-order valence-electron chi connectivity index (χ4n) is 4.49. The number of halogens is 1. The third-order valence-electron chi connectivity index (χ3n) is 5.95. The number of carbonyl (C=O) groups is 1. The standard InChI is InChI=1S/C27H26ClN3O3S/c1-15-12-19-24(35-26(30-19)31-13-17-6-5-11-29-20(17)14-31)22(16-7-9-18(28)10-8-16)21(15)23(25(32)33)34-27(2,3)4/h5-12,23H,13-14H2,1-4H3,(H,32,33)/p-1/t23-/m0/s1. The summed E-state index contributed by atoms with van der Waals surface area (Å²) in [6.07, 6.45) is 0.570. The minimum atomic E-state index is -1.27. The van der Waals surface area contributed by atoms with Gasteiger partial charge in [-0.05, 0) is 74.2 Å². The van der Waals surface area contributed by atoms with Crippen molar-refractivity contribution >= 4 is 44.3 Å². The highest BCUT2D eigenvalue weighted by atomic mass is 35.5. The molecule has 3 heterocycles. The van der Waals surface area contributed by atoms with Gasteiger partial charge in [0.05, 0.1) is 34.0 Å². The molecule has 8 heteroatoms. The Morgan fingerprint density at radius 1 is 1.20 bits per heavy atom. The van der Waals surface area contributed by atoms with Crippen molar-refractivity contribution in [3.8, 4) is 11.1 Å². The lowest BCUT2D eigenvalue weighted by atomic mass is 9.91. The number of hydrogen-bond acceptors (Lipinski definition) is 7. The lowest BCUT2D eigenvalue weighted by Crippen LogP contribution is -2.36. The number of fused-ring (bicyclic) bond motifs is 2. The molecular weight excluding hydrogens is 482 g/mol. The third-order valence-corrected chi connectivity index (χ3v) is 7.36. The molecule has 0 amide bonds. The smallest absolute Gasteiger partial charge is 0.187 e. The molecular formula is C27H25ClN3O3S-. The molecule has 2 aromatic heterocycles. The predicted octanol–water partition coefficient (Wildman–Crippen LogP) is 5.45. The number of thiazole rings is 1. The predicted molar refractivity (Wildman–Crippen MR) is 138 cm³/mol. The molecule has 1 atom stereocenters. The van der Waals surface area contributed by atoms with Gasteiger partial charge in [0.25, 0.3) is 0 Å². The summed E-state index contributed by atoms with van der Waals surface area (Å²) in [4.78, 5) is 24.0. The Hall–Kier alpha value is -3.00. The second kappa shape index (κ2) is 8.90.